The molecule has 0 saturated heterocycles. The normalized spacial score (nSPS) is 12.8. The SMILES string of the molecule is COc1ccc(OCCN(CC(C)O)C(C)C)cc1. The number of aliphatic hydroxyl groups excluding tert-OH is 1. The van der Waals surface area contributed by atoms with Crippen LogP contribution >= 0.6 is 0 Å². The Hall–Kier alpha value is -1.26. The lowest BCUT2D eigenvalue weighted by Gasteiger charge is -2.27. The predicted octanol–water partition coefficient (Wildman–Crippen LogP) is 2.17. The van der Waals surface area contributed by atoms with Crippen molar-refractivity contribution in [3.63, 3.8) is 0 Å². The highest BCUT2D eigenvalue weighted by Crippen LogP contribution is 2.16. The van der Waals surface area contributed by atoms with Gasteiger partial charge in [0.25, 0.3) is 0 Å². The van der Waals surface area contributed by atoms with Crippen molar-refractivity contribution in [1.29, 1.82) is 0 Å². The van der Waals surface area contributed by atoms with Gasteiger partial charge in [0.15, 0.2) is 0 Å². The minimum atomic E-state index is -0.316. The van der Waals surface area contributed by atoms with Crippen LogP contribution in [0.3, 0.4) is 0 Å². The van der Waals surface area contributed by atoms with Gasteiger partial charge >= 0.3 is 0 Å². The molecule has 1 aromatic carbocycles. The van der Waals surface area contributed by atoms with Crippen molar-refractivity contribution < 1.29 is 14.6 Å². The zero-order valence-electron chi connectivity index (χ0n) is 12.3. The van der Waals surface area contributed by atoms with Gasteiger partial charge in [-0.2, -0.15) is 0 Å². The summed E-state index contributed by atoms with van der Waals surface area (Å²) in [4.78, 5) is 2.20. The highest BCUT2D eigenvalue weighted by atomic mass is 16.5. The monoisotopic (exact) mass is 267 g/mol. The summed E-state index contributed by atoms with van der Waals surface area (Å²) < 4.78 is 10.8. The van der Waals surface area contributed by atoms with Gasteiger partial charge < -0.3 is 14.6 Å². The molecule has 0 aliphatic rings. The van der Waals surface area contributed by atoms with Crippen LogP contribution in [-0.4, -0.2) is 49.0 Å². The van der Waals surface area contributed by atoms with Gasteiger partial charge in [-0.1, -0.05) is 0 Å². The van der Waals surface area contributed by atoms with Crippen LogP contribution < -0.4 is 9.47 Å². The van der Waals surface area contributed by atoms with Crippen LogP contribution in [0.4, 0.5) is 0 Å². The Labute approximate surface area is 115 Å². The quantitative estimate of drug-likeness (QED) is 0.784. The molecule has 0 aliphatic carbocycles. The molecule has 1 rings (SSSR count). The summed E-state index contributed by atoms with van der Waals surface area (Å²) in [5.74, 6) is 1.66. The van der Waals surface area contributed by atoms with Crippen molar-refractivity contribution in [2.45, 2.75) is 32.9 Å². The Kier molecular flexibility index (Phi) is 6.67. The van der Waals surface area contributed by atoms with Crippen LogP contribution in [0.1, 0.15) is 20.8 Å². The van der Waals surface area contributed by atoms with Crippen molar-refractivity contribution >= 4 is 0 Å². The summed E-state index contributed by atoms with van der Waals surface area (Å²) in [6, 6.07) is 7.95. The molecule has 1 aromatic rings. The molecule has 4 nitrogen and oxygen atoms in total. The van der Waals surface area contributed by atoms with E-state index in [9.17, 15) is 5.11 Å². The third-order valence-electron chi connectivity index (χ3n) is 2.94. The van der Waals surface area contributed by atoms with Gasteiger partial charge in [0.05, 0.1) is 13.2 Å². The maximum Gasteiger partial charge on any atom is 0.119 e. The van der Waals surface area contributed by atoms with E-state index in [1.165, 1.54) is 0 Å². The molecule has 0 aliphatic heterocycles. The standard InChI is InChI=1S/C15H25NO3/c1-12(2)16(11-13(3)17)9-10-19-15-7-5-14(18-4)6-8-15/h5-8,12-13,17H,9-11H2,1-4H3. The van der Waals surface area contributed by atoms with Crippen LogP contribution in [0.5, 0.6) is 11.5 Å². The van der Waals surface area contributed by atoms with Crippen molar-refractivity contribution in [2.75, 3.05) is 26.8 Å². The van der Waals surface area contributed by atoms with E-state index >= 15 is 0 Å². The second-order valence-electron chi connectivity index (χ2n) is 4.96. The summed E-state index contributed by atoms with van der Waals surface area (Å²) in [6.07, 6.45) is -0.316. The minimum Gasteiger partial charge on any atom is -0.497 e. The highest BCUT2D eigenvalue weighted by molar-refractivity contribution is 5.31. The third kappa shape index (κ3) is 5.94. The fourth-order valence-electron chi connectivity index (χ4n) is 1.85. The lowest BCUT2D eigenvalue weighted by Crippen LogP contribution is -2.39. The first-order chi connectivity index (χ1) is 9.02. The first kappa shape index (κ1) is 15.8. The second kappa shape index (κ2) is 8.02. The molecule has 0 fully saturated rings. The number of rotatable bonds is 8. The lowest BCUT2D eigenvalue weighted by molar-refractivity contribution is 0.0955. The van der Waals surface area contributed by atoms with Crippen LogP contribution in [0, 0.1) is 0 Å². The smallest absolute Gasteiger partial charge is 0.119 e. The predicted molar refractivity (Wildman–Crippen MR) is 76.9 cm³/mol. The molecule has 0 aromatic heterocycles. The molecule has 0 radical (unpaired) electrons. The van der Waals surface area contributed by atoms with Crippen molar-refractivity contribution in [2.24, 2.45) is 0 Å². The van der Waals surface area contributed by atoms with E-state index in [2.05, 4.69) is 18.7 Å². The zero-order valence-corrected chi connectivity index (χ0v) is 12.3. The maximum atomic E-state index is 9.45. The molecule has 0 spiro atoms. The van der Waals surface area contributed by atoms with Crippen LogP contribution in [0.15, 0.2) is 24.3 Å². The third-order valence-corrected chi connectivity index (χ3v) is 2.94. The summed E-state index contributed by atoms with van der Waals surface area (Å²) >= 11 is 0. The fraction of sp³-hybridized carbons (Fsp3) is 0.600. The summed E-state index contributed by atoms with van der Waals surface area (Å²) in [7, 11) is 1.65. The van der Waals surface area contributed by atoms with Crippen LogP contribution in [-0.2, 0) is 0 Å². The number of hydrogen-bond acceptors (Lipinski definition) is 4. The van der Waals surface area contributed by atoms with E-state index in [-0.39, 0.29) is 6.10 Å². The Morgan fingerprint density at radius 2 is 1.68 bits per heavy atom. The van der Waals surface area contributed by atoms with Gasteiger partial charge in [0, 0.05) is 19.1 Å². The van der Waals surface area contributed by atoms with Crippen molar-refractivity contribution in [3.05, 3.63) is 24.3 Å². The second-order valence-corrected chi connectivity index (χ2v) is 4.96. The van der Waals surface area contributed by atoms with Crippen molar-refractivity contribution in [3.8, 4) is 11.5 Å². The summed E-state index contributed by atoms with van der Waals surface area (Å²) in [6.45, 7) is 8.13. The molecule has 0 saturated carbocycles. The highest BCUT2D eigenvalue weighted by Gasteiger charge is 2.11. The van der Waals surface area contributed by atoms with Gasteiger partial charge in [0.1, 0.15) is 18.1 Å². The zero-order chi connectivity index (χ0) is 14.3. The Morgan fingerprint density at radius 1 is 1.11 bits per heavy atom. The first-order valence-corrected chi connectivity index (χ1v) is 6.72. The number of hydrogen-bond donors (Lipinski definition) is 1. The molecular formula is C15H25NO3. The molecule has 19 heavy (non-hydrogen) atoms. The molecule has 0 amide bonds. The van der Waals surface area contributed by atoms with Crippen LogP contribution in [0.25, 0.3) is 0 Å². The van der Waals surface area contributed by atoms with Crippen molar-refractivity contribution in [1.82, 2.24) is 4.90 Å². The molecule has 0 heterocycles. The molecule has 1 N–H and O–H groups in total. The number of nitrogens with zero attached hydrogens (tertiary/aromatic N) is 1. The average Bonchev–Trinajstić information content (AvgIpc) is 2.37. The number of benzene rings is 1. The number of aliphatic hydroxyl groups is 1. The molecule has 1 unspecified atom stereocenters. The first-order valence-electron chi connectivity index (χ1n) is 6.72. The maximum absolute atomic E-state index is 9.45. The van der Waals surface area contributed by atoms with Gasteiger partial charge in [-0.25, -0.2) is 0 Å². The van der Waals surface area contributed by atoms with E-state index in [4.69, 9.17) is 9.47 Å². The Balaban J connectivity index is 2.38. The molecular weight excluding hydrogens is 242 g/mol. The van der Waals surface area contributed by atoms with E-state index in [1.54, 1.807) is 14.0 Å². The largest absolute Gasteiger partial charge is 0.497 e. The Morgan fingerprint density at radius 3 is 2.16 bits per heavy atom. The van der Waals surface area contributed by atoms with Crippen LogP contribution in [0.2, 0.25) is 0 Å². The lowest BCUT2D eigenvalue weighted by atomic mass is 10.2. The molecule has 1 atom stereocenters. The number of ether oxygens (including phenoxy) is 2. The minimum absolute atomic E-state index is 0.316. The summed E-state index contributed by atoms with van der Waals surface area (Å²) in [5.41, 5.74) is 0. The summed E-state index contributed by atoms with van der Waals surface area (Å²) in [5, 5.41) is 9.45. The fourth-order valence-corrected chi connectivity index (χ4v) is 1.85. The van der Waals surface area contributed by atoms with Gasteiger partial charge in [-0.05, 0) is 45.0 Å². The topological polar surface area (TPSA) is 41.9 Å². The Bertz CT molecular complexity index is 349. The van der Waals surface area contributed by atoms with E-state index in [0.29, 0.717) is 19.2 Å². The van der Waals surface area contributed by atoms with E-state index < -0.39 is 0 Å². The number of methoxy groups -OCH3 is 1. The molecule has 0 bridgehead atoms. The van der Waals surface area contributed by atoms with E-state index in [0.717, 1.165) is 18.0 Å². The molecule has 108 valence electrons. The van der Waals surface area contributed by atoms with Gasteiger partial charge in [-0.15, -0.1) is 0 Å². The van der Waals surface area contributed by atoms with E-state index in [1.807, 2.05) is 24.3 Å². The van der Waals surface area contributed by atoms with Gasteiger partial charge in [0.2, 0.25) is 0 Å². The van der Waals surface area contributed by atoms with Gasteiger partial charge in [-0.3, -0.25) is 4.90 Å². The molecule has 4 heteroatoms. The average molecular weight is 267 g/mol.